The lowest BCUT2D eigenvalue weighted by atomic mass is 9.97. The molecule has 1 aliphatic heterocycles. The van der Waals surface area contributed by atoms with Crippen molar-refractivity contribution in [1.29, 1.82) is 0 Å². The van der Waals surface area contributed by atoms with Crippen molar-refractivity contribution in [3.8, 4) is 0 Å². The first-order valence-electron chi connectivity index (χ1n) is 8.35. The van der Waals surface area contributed by atoms with Crippen LogP contribution in [0.4, 0.5) is 10.1 Å². The number of para-hydroxylation sites is 1. The molecule has 0 radical (unpaired) electrons. The molecule has 2 atom stereocenters. The van der Waals surface area contributed by atoms with Gasteiger partial charge in [0.25, 0.3) is 0 Å². The molecule has 2 amide bonds. The summed E-state index contributed by atoms with van der Waals surface area (Å²) in [5.41, 5.74) is 0.158. The Bertz CT molecular complexity index is 662. The van der Waals surface area contributed by atoms with E-state index in [2.05, 4.69) is 5.32 Å². The van der Waals surface area contributed by atoms with Gasteiger partial charge in [-0.05, 0) is 24.5 Å². The van der Waals surface area contributed by atoms with Crippen LogP contribution >= 0.6 is 0 Å². The van der Waals surface area contributed by atoms with Gasteiger partial charge in [-0.1, -0.05) is 26.0 Å². The summed E-state index contributed by atoms with van der Waals surface area (Å²) in [7, 11) is 0. The van der Waals surface area contributed by atoms with Crippen LogP contribution in [0.5, 0.6) is 0 Å². The minimum Gasteiger partial charge on any atom is -0.481 e. The molecule has 0 saturated carbocycles. The van der Waals surface area contributed by atoms with Crippen LogP contribution in [0.25, 0.3) is 0 Å². The van der Waals surface area contributed by atoms with Crippen LogP contribution < -0.4 is 10.2 Å². The number of anilines is 1. The van der Waals surface area contributed by atoms with Gasteiger partial charge >= 0.3 is 5.97 Å². The molecule has 2 N–H and O–H groups in total. The lowest BCUT2D eigenvalue weighted by molar-refractivity contribution is -0.142. The van der Waals surface area contributed by atoms with Gasteiger partial charge in [-0.2, -0.15) is 0 Å². The quantitative estimate of drug-likeness (QED) is 0.788. The lowest BCUT2D eigenvalue weighted by Gasteiger charge is -2.18. The number of amides is 2. The molecule has 136 valence electrons. The maximum atomic E-state index is 13.8. The third kappa shape index (κ3) is 4.78. The molecule has 0 aromatic heterocycles. The molecule has 6 nitrogen and oxygen atoms in total. The summed E-state index contributed by atoms with van der Waals surface area (Å²) >= 11 is 0. The van der Waals surface area contributed by atoms with E-state index >= 15 is 0 Å². The molecule has 0 bridgehead atoms. The van der Waals surface area contributed by atoms with Crippen LogP contribution in [0.3, 0.4) is 0 Å². The Kier molecular flexibility index (Phi) is 6.12. The van der Waals surface area contributed by atoms with Crippen molar-refractivity contribution in [2.45, 2.75) is 26.7 Å². The van der Waals surface area contributed by atoms with Gasteiger partial charge < -0.3 is 15.3 Å². The van der Waals surface area contributed by atoms with Crippen molar-refractivity contribution in [3.63, 3.8) is 0 Å². The first kappa shape index (κ1) is 18.9. The average Bonchev–Trinajstić information content (AvgIpc) is 2.93. The molecule has 0 spiro atoms. The van der Waals surface area contributed by atoms with Crippen molar-refractivity contribution in [3.05, 3.63) is 30.1 Å². The third-order valence-corrected chi connectivity index (χ3v) is 4.27. The minimum atomic E-state index is -0.954. The molecule has 0 aliphatic carbocycles. The van der Waals surface area contributed by atoms with Gasteiger partial charge in [0.1, 0.15) is 5.82 Å². The van der Waals surface area contributed by atoms with E-state index in [1.54, 1.807) is 6.07 Å². The Balaban J connectivity index is 1.96. The maximum Gasteiger partial charge on any atom is 0.308 e. The molecule has 25 heavy (non-hydrogen) atoms. The van der Waals surface area contributed by atoms with E-state index < -0.39 is 23.6 Å². The Morgan fingerprint density at radius 2 is 2.04 bits per heavy atom. The number of nitrogens with one attached hydrogen (secondary N) is 1. The highest BCUT2D eigenvalue weighted by Gasteiger charge is 2.36. The molecule has 1 fully saturated rings. The average molecular weight is 350 g/mol. The number of carbonyl (C=O) groups excluding carboxylic acids is 2. The van der Waals surface area contributed by atoms with Crippen molar-refractivity contribution in [2.24, 2.45) is 17.8 Å². The zero-order valence-corrected chi connectivity index (χ0v) is 14.4. The maximum absolute atomic E-state index is 13.8. The van der Waals surface area contributed by atoms with Gasteiger partial charge in [0.2, 0.25) is 11.8 Å². The van der Waals surface area contributed by atoms with Crippen LogP contribution in [0.2, 0.25) is 0 Å². The number of carboxylic acid groups (broad SMARTS) is 1. The normalized spacial score (nSPS) is 18.5. The predicted molar refractivity (Wildman–Crippen MR) is 90.5 cm³/mol. The Hall–Kier alpha value is -2.44. The number of aliphatic carboxylic acids is 1. The van der Waals surface area contributed by atoms with Gasteiger partial charge in [-0.3, -0.25) is 14.4 Å². The number of hydrogen-bond donors (Lipinski definition) is 2. The molecule has 7 heteroatoms. The zero-order chi connectivity index (χ0) is 18.6. The standard InChI is InChI=1S/C18H23FN2O4/c1-11(2)7-12(18(24)25)9-20-17(23)13-8-16(22)21(10-13)15-6-4-3-5-14(15)19/h3-6,11-13H,7-10H2,1-2H3,(H,20,23)(H,24,25). The number of carboxylic acids is 1. The van der Waals surface area contributed by atoms with Gasteiger partial charge in [0.15, 0.2) is 0 Å². The van der Waals surface area contributed by atoms with Gasteiger partial charge in [0.05, 0.1) is 17.5 Å². The Morgan fingerprint density at radius 3 is 2.64 bits per heavy atom. The zero-order valence-electron chi connectivity index (χ0n) is 14.4. The summed E-state index contributed by atoms with van der Waals surface area (Å²) < 4.78 is 13.8. The van der Waals surface area contributed by atoms with E-state index in [0.29, 0.717) is 6.42 Å². The highest BCUT2D eigenvalue weighted by molar-refractivity contribution is 6.00. The smallest absolute Gasteiger partial charge is 0.308 e. The predicted octanol–water partition coefficient (Wildman–Crippen LogP) is 2.04. The van der Waals surface area contributed by atoms with Crippen molar-refractivity contribution < 1.29 is 23.9 Å². The summed E-state index contributed by atoms with van der Waals surface area (Å²) in [4.78, 5) is 36.9. The van der Waals surface area contributed by atoms with Crippen molar-refractivity contribution in [1.82, 2.24) is 5.32 Å². The first-order chi connectivity index (χ1) is 11.8. The number of rotatable bonds is 7. The molecule has 1 heterocycles. The largest absolute Gasteiger partial charge is 0.481 e. The van der Waals surface area contributed by atoms with Crippen molar-refractivity contribution in [2.75, 3.05) is 18.0 Å². The van der Waals surface area contributed by atoms with Crippen LogP contribution in [-0.4, -0.2) is 36.0 Å². The van der Waals surface area contributed by atoms with E-state index in [1.807, 2.05) is 13.8 Å². The topological polar surface area (TPSA) is 86.7 Å². The fourth-order valence-electron chi connectivity index (χ4n) is 3.00. The fraction of sp³-hybridized carbons (Fsp3) is 0.500. The third-order valence-electron chi connectivity index (χ3n) is 4.27. The number of benzene rings is 1. The number of nitrogens with zero attached hydrogens (tertiary/aromatic N) is 1. The molecule has 1 aromatic rings. The van der Waals surface area contributed by atoms with E-state index in [1.165, 1.54) is 23.1 Å². The summed E-state index contributed by atoms with van der Waals surface area (Å²) in [6.07, 6.45) is 0.447. The lowest BCUT2D eigenvalue weighted by Crippen LogP contribution is -2.38. The molecule has 2 rings (SSSR count). The molecular weight excluding hydrogens is 327 g/mol. The van der Waals surface area contributed by atoms with Crippen LogP contribution in [-0.2, 0) is 14.4 Å². The number of carbonyl (C=O) groups is 3. The molecule has 1 aliphatic rings. The van der Waals surface area contributed by atoms with E-state index in [0.717, 1.165) is 0 Å². The summed E-state index contributed by atoms with van der Waals surface area (Å²) in [5, 5.41) is 11.8. The molecular formula is C18H23FN2O4. The van der Waals surface area contributed by atoms with Crippen LogP contribution in [0, 0.1) is 23.6 Å². The number of halogens is 1. The second-order valence-electron chi connectivity index (χ2n) is 6.77. The van der Waals surface area contributed by atoms with E-state index in [-0.39, 0.29) is 42.9 Å². The highest BCUT2D eigenvalue weighted by atomic mass is 19.1. The Labute approximate surface area is 146 Å². The van der Waals surface area contributed by atoms with E-state index in [4.69, 9.17) is 0 Å². The van der Waals surface area contributed by atoms with Gasteiger partial charge in [0, 0.05) is 19.5 Å². The first-order valence-corrected chi connectivity index (χ1v) is 8.35. The summed E-state index contributed by atoms with van der Waals surface area (Å²) in [5.74, 6) is -3.24. The minimum absolute atomic E-state index is 0.0118. The second-order valence-corrected chi connectivity index (χ2v) is 6.77. The highest BCUT2D eigenvalue weighted by Crippen LogP contribution is 2.27. The van der Waals surface area contributed by atoms with Crippen LogP contribution in [0.1, 0.15) is 26.7 Å². The SMILES string of the molecule is CC(C)CC(CNC(=O)C1CC(=O)N(c2ccccc2F)C1)C(=O)O. The second kappa shape index (κ2) is 8.09. The summed E-state index contributed by atoms with van der Waals surface area (Å²) in [6.45, 7) is 3.95. The molecule has 1 aromatic carbocycles. The van der Waals surface area contributed by atoms with Crippen LogP contribution in [0.15, 0.2) is 24.3 Å². The van der Waals surface area contributed by atoms with E-state index in [9.17, 15) is 23.9 Å². The number of hydrogen-bond acceptors (Lipinski definition) is 3. The fourth-order valence-corrected chi connectivity index (χ4v) is 3.00. The Morgan fingerprint density at radius 1 is 1.36 bits per heavy atom. The molecule has 2 unspecified atom stereocenters. The summed E-state index contributed by atoms with van der Waals surface area (Å²) in [6, 6.07) is 5.92. The van der Waals surface area contributed by atoms with Gasteiger partial charge in [-0.25, -0.2) is 4.39 Å². The monoisotopic (exact) mass is 350 g/mol. The molecule has 1 saturated heterocycles. The van der Waals surface area contributed by atoms with Gasteiger partial charge in [-0.15, -0.1) is 0 Å². The van der Waals surface area contributed by atoms with Crippen molar-refractivity contribution >= 4 is 23.5 Å².